The van der Waals surface area contributed by atoms with Crippen LogP contribution in [0.5, 0.6) is 5.75 Å². The molecule has 0 aliphatic heterocycles. The lowest BCUT2D eigenvalue weighted by molar-refractivity contribution is 0.0697. The molecule has 1 atom stereocenters. The monoisotopic (exact) mass is 314 g/mol. The normalized spacial score (nSPS) is 11.5. The number of benzene rings is 2. The molecule has 2 aromatic carbocycles. The molecule has 120 valence electrons. The van der Waals surface area contributed by atoms with Crippen LogP contribution in [0.15, 0.2) is 59.9 Å². The van der Waals surface area contributed by atoms with E-state index in [4.69, 9.17) is 9.84 Å². The quantitative estimate of drug-likeness (QED) is 0.596. The van der Waals surface area contributed by atoms with Crippen molar-refractivity contribution in [2.45, 2.75) is 12.5 Å². The number of ether oxygens (including phenoxy) is 1. The van der Waals surface area contributed by atoms with E-state index in [-0.39, 0.29) is 11.7 Å². The Balaban J connectivity index is 2.13. The fourth-order valence-electron chi connectivity index (χ4n) is 2.15. The van der Waals surface area contributed by atoms with E-state index in [2.05, 4.69) is 5.29 Å². The van der Waals surface area contributed by atoms with Crippen molar-refractivity contribution in [1.29, 1.82) is 0 Å². The molecule has 1 unspecified atom stereocenters. The summed E-state index contributed by atoms with van der Waals surface area (Å²) in [5.41, 5.74) is 1.19. The van der Waals surface area contributed by atoms with Gasteiger partial charge in [-0.25, -0.2) is 4.79 Å². The summed E-state index contributed by atoms with van der Waals surface area (Å²) in [4.78, 5) is 21.4. The standard InChI is InChI=1S/C17H18N2O4/c1-19(18-22)12-11-16(13-5-3-2-4-6-13)23-15-9-7-14(8-10-15)17(20)21/h2-10,16H,11-12H2,1H3,(H,20,21). The average Bonchev–Trinajstić information content (AvgIpc) is 2.59. The van der Waals surface area contributed by atoms with Crippen molar-refractivity contribution in [3.63, 3.8) is 0 Å². The Bertz CT molecular complexity index is 643. The smallest absolute Gasteiger partial charge is 0.335 e. The Labute approximate surface area is 134 Å². The van der Waals surface area contributed by atoms with Gasteiger partial charge in [-0.3, -0.25) is 5.01 Å². The Kier molecular flexibility index (Phi) is 5.68. The maximum absolute atomic E-state index is 10.9. The molecule has 0 saturated carbocycles. The molecule has 0 saturated heterocycles. The number of carboxylic acids is 1. The highest BCUT2D eigenvalue weighted by atomic mass is 16.5. The Morgan fingerprint density at radius 2 is 1.83 bits per heavy atom. The van der Waals surface area contributed by atoms with Gasteiger partial charge >= 0.3 is 5.97 Å². The SMILES string of the molecule is CN(CCC(Oc1ccc(C(=O)O)cc1)c1ccccc1)N=O. The summed E-state index contributed by atoms with van der Waals surface area (Å²) in [7, 11) is 1.61. The van der Waals surface area contributed by atoms with E-state index in [1.165, 1.54) is 17.1 Å². The lowest BCUT2D eigenvalue weighted by atomic mass is 10.1. The second-order valence-corrected chi connectivity index (χ2v) is 5.10. The van der Waals surface area contributed by atoms with Crippen LogP contribution < -0.4 is 4.74 Å². The van der Waals surface area contributed by atoms with Crippen LogP contribution in [0, 0.1) is 4.91 Å². The molecule has 0 aliphatic carbocycles. The molecule has 6 heteroatoms. The molecule has 0 aromatic heterocycles. The first-order valence-electron chi connectivity index (χ1n) is 7.19. The molecular weight excluding hydrogens is 296 g/mol. The highest BCUT2D eigenvalue weighted by Gasteiger charge is 2.15. The number of rotatable bonds is 8. The van der Waals surface area contributed by atoms with E-state index in [9.17, 15) is 9.70 Å². The largest absolute Gasteiger partial charge is 0.486 e. The third-order valence-corrected chi connectivity index (χ3v) is 3.41. The summed E-state index contributed by atoms with van der Waals surface area (Å²) in [5, 5.41) is 13.1. The van der Waals surface area contributed by atoms with Crippen molar-refractivity contribution in [3.8, 4) is 5.75 Å². The van der Waals surface area contributed by atoms with Gasteiger partial charge in [-0.05, 0) is 29.8 Å². The molecule has 0 radical (unpaired) electrons. The van der Waals surface area contributed by atoms with Crippen molar-refractivity contribution in [1.82, 2.24) is 5.01 Å². The summed E-state index contributed by atoms with van der Waals surface area (Å²) in [6.45, 7) is 0.455. The predicted octanol–water partition coefficient (Wildman–Crippen LogP) is 3.51. The summed E-state index contributed by atoms with van der Waals surface area (Å²) in [5.74, 6) is -0.402. The molecule has 0 amide bonds. The molecule has 2 aromatic rings. The van der Waals surface area contributed by atoms with Crippen LogP contribution in [0.25, 0.3) is 0 Å². The van der Waals surface area contributed by atoms with Crippen LogP contribution in [0.4, 0.5) is 0 Å². The van der Waals surface area contributed by atoms with Gasteiger partial charge in [-0.2, -0.15) is 0 Å². The van der Waals surface area contributed by atoms with Crippen molar-refractivity contribution in [3.05, 3.63) is 70.6 Å². The molecule has 1 N–H and O–H groups in total. The van der Waals surface area contributed by atoms with Crippen molar-refractivity contribution in [2.75, 3.05) is 13.6 Å². The predicted molar refractivity (Wildman–Crippen MR) is 86.3 cm³/mol. The average molecular weight is 314 g/mol. The molecule has 0 fully saturated rings. The minimum atomic E-state index is -0.977. The fourth-order valence-corrected chi connectivity index (χ4v) is 2.15. The highest BCUT2D eigenvalue weighted by Crippen LogP contribution is 2.25. The number of hydrogen-bond acceptors (Lipinski definition) is 4. The molecular formula is C17H18N2O4. The number of carbonyl (C=O) groups is 1. The second-order valence-electron chi connectivity index (χ2n) is 5.10. The number of nitroso groups, excluding NO2 is 1. The van der Waals surface area contributed by atoms with Crippen LogP contribution >= 0.6 is 0 Å². The van der Waals surface area contributed by atoms with E-state index < -0.39 is 5.97 Å². The molecule has 2 rings (SSSR count). The van der Waals surface area contributed by atoms with E-state index in [0.717, 1.165) is 5.56 Å². The van der Waals surface area contributed by atoms with Gasteiger partial charge in [0.05, 0.1) is 10.8 Å². The Morgan fingerprint density at radius 1 is 1.17 bits per heavy atom. The lowest BCUT2D eigenvalue weighted by Gasteiger charge is -2.21. The fraction of sp³-hybridized carbons (Fsp3) is 0.235. The molecule has 0 aliphatic rings. The molecule has 6 nitrogen and oxygen atoms in total. The van der Waals surface area contributed by atoms with Gasteiger partial charge in [0, 0.05) is 20.0 Å². The second kappa shape index (κ2) is 7.93. The first-order valence-corrected chi connectivity index (χ1v) is 7.19. The first-order chi connectivity index (χ1) is 11.1. The van der Waals surface area contributed by atoms with Crippen molar-refractivity contribution < 1.29 is 14.6 Å². The van der Waals surface area contributed by atoms with E-state index in [1.54, 1.807) is 19.2 Å². The number of hydrogen-bond donors (Lipinski definition) is 1. The zero-order valence-electron chi connectivity index (χ0n) is 12.8. The van der Waals surface area contributed by atoms with Crippen molar-refractivity contribution in [2.24, 2.45) is 5.29 Å². The van der Waals surface area contributed by atoms with Crippen LogP contribution in [0.1, 0.15) is 28.4 Å². The summed E-state index contributed by atoms with van der Waals surface area (Å²) >= 11 is 0. The number of carboxylic acid groups (broad SMARTS) is 1. The minimum absolute atomic E-state index is 0.207. The van der Waals surface area contributed by atoms with E-state index in [1.807, 2.05) is 30.3 Å². The van der Waals surface area contributed by atoms with Crippen LogP contribution in [-0.2, 0) is 0 Å². The van der Waals surface area contributed by atoms with Gasteiger partial charge in [-0.15, -0.1) is 4.91 Å². The van der Waals surface area contributed by atoms with Gasteiger partial charge in [0.15, 0.2) is 0 Å². The highest BCUT2D eigenvalue weighted by molar-refractivity contribution is 5.87. The van der Waals surface area contributed by atoms with E-state index >= 15 is 0 Å². The van der Waals surface area contributed by atoms with E-state index in [0.29, 0.717) is 18.7 Å². The third-order valence-electron chi connectivity index (χ3n) is 3.41. The zero-order valence-corrected chi connectivity index (χ0v) is 12.8. The lowest BCUT2D eigenvalue weighted by Crippen LogP contribution is -2.17. The minimum Gasteiger partial charge on any atom is -0.486 e. The van der Waals surface area contributed by atoms with Crippen LogP contribution in [-0.4, -0.2) is 29.7 Å². The third kappa shape index (κ3) is 4.81. The van der Waals surface area contributed by atoms with Crippen LogP contribution in [0.3, 0.4) is 0 Å². The van der Waals surface area contributed by atoms with Crippen LogP contribution in [0.2, 0.25) is 0 Å². The number of aromatic carboxylic acids is 1. The molecule has 0 spiro atoms. The van der Waals surface area contributed by atoms with Crippen molar-refractivity contribution >= 4 is 5.97 Å². The van der Waals surface area contributed by atoms with Gasteiger partial charge in [0.2, 0.25) is 0 Å². The molecule has 0 bridgehead atoms. The zero-order chi connectivity index (χ0) is 16.7. The Hall–Kier alpha value is -2.89. The molecule has 23 heavy (non-hydrogen) atoms. The molecule has 0 heterocycles. The first kappa shape index (κ1) is 16.5. The number of nitrogens with zero attached hydrogens (tertiary/aromatic N) is 2. The maximum atomic E-state index is 10.9. The maximum Gasteiger partial charge on any atom is 0.335 e. The van der Waals surface area contributed by atoms with Gasteiger partial charge in [0.25, 0.3) is 0 Å². The van der Waals surface area contributed by atoms with Gasteiger partial charge in [0.1, 0.15) is 11.9 Å². The van der Waals surface area contributed by atoms with Gasteiger partial charge < -0.3 is 9.84 Å². The summed E-state index contributed by atoms with van der Waals surface area (Å²) in [6, 6.07) is 15.9. The summed E-state index contributed by atoms with van der Waals surface area (Å²) < 4.78 is 5.97. The Morgan fingerprint density at radius 3 is 2.39 bits per heavy atom. The summed E-state index contributed by atoms with van der Waals surface area (Å²) in [6.07, 6.45) is 0.323. The topological polar surface area (TPSA) is 79.2 Å². The van der Waals surface area contributed by atoms with Gasteiger partial charge in [-0.1, -0.05) is 30.3 Å².